The molecule has 0 unspecified atom stereocenters. The quantitative estimate of drug-likeness (QED) is 0.737. The molecular weight excluding hydrogens is 389 g/mol. The Morgan fingerprint density at radius 1 is 1.08 bits per heavy atom. The first-order valence-electron chi connectivity index (χ1n) is 7.16. The number of hydrogen-bond acceptors (Lipinski definition) is 4. The van der Waals surface area contributed by atoms with Gasteiger partial charge in [-0.3, -0.25) is 9.10 Å². The van der Waals surface area contributed by atoms with E-state index < -0.39 is 40.7 Å². The molecule has 0 fully saturated rings. The van der Waals surface area contributed by atoms with Gasteiger partial charge in [0.15, 0.2) is 0 Å². The molecule has 2 aromatic rings. The Morgan fingerprint density at radius 3 is 2.23 bits per heavy atom. The van der Waals surface area contributed by atoms with Gasteiger partial charge >= 0.3 is 11.9 Å². The number of aliphatic carboxylic acids is 1. The highest BCUT2D eigenvalue weighted by Crippen LogP contribution is 2.28. The van der Waals surface area contributed by atoms with E-state index in [2.05, 4.69) is 0 Å². The number of benzene rings is 2. The molecular formula is C16H13ClFNO6S. The van der Waals surface area contributed by atoms with Gasteiger partial charge in [0.25, 0.3) is 10.0 Å². The van der Waals surface area contributed by atoms with E-state index in [4.69, 9.17) is 21.8 Å². The summed E-state index contributed by atoms with van der Waals surface area (Å²) in [4.78, 5) is 21.9. The third-order valence-corrected chi connectivity index (χ3v) is 5.57. The molecule has 26 heavy (non-hydrogen) atoms. The number of aromatic carboxylic acids is 1. The van der Waals surface area contributed by atoms with Crippen LogP contribution in [0.5, 0.6) is 0 Å². The van der Waals surface area contributed by atoms with Gasteiger partial charge in [0, 0.05) is 6.54 Å². The number of halogens is 2. The summed E-state index contributed by atoms with van der Waals surface area (Å²) < 4.78 is 39.5. The summed E-state index contributed by atoms with van der Waals surface area (Å²) in [6.07, 6.45) is -0.522. The highest BCUT2D eigenvalue weighted by atomic mass is 35.5. The number of nitrogens with zero attached hydrogens (tertiary/aromatic N) is 1. The van der Waals surface area contributed by atoms with Gasteiger partial charge in [0.05, 0.1) is 27.6 Å². The second-order valence-corrected chi connectivity index (χ2v) is 7.41. The first-order chi connectivity index (χ1) is 12.1. The van der Waals surface area contributed by atoms with Crippen molar-refractivity contribution in [2.75, 3.05) is 10.8 Å². The summed E-state index contributed by atoms with van der Waals surface area (Å²) in [6, 6.07) is 7.47. The van der Waals surface area contributed by atoms with Crippen molar-refractivity contribution in [1.29, 1.82) is 0 Å². The highest BCUT2D eigenvalue weighted by Gasteiger charge is 2.26. The molecule has 0 heterocycles. The van der Waals surface area contributed by atoms with Crippen LogP contribution < -0.4 is 4.31 Å². The van der Waals surface area contributed by atoms with Crippen LogP contribution in [0.3, 0.4) is 0 Å². The second-order valence-electron chi connectivity index (χ2n) is 5.14. The third kappa shape index (κ3) is 4.30. The van der Waals surface area contributed by atoms with Crippen LogP contribution in [0.4, 0.5) is 10.1 Å². The van der Waals surface area contributed by atoms with Crippen LogP contribution in [0.2, 0.25) is 5.02 Å². The van der Waals surface area contributed by atoms with Gasteiger partial charge in [-0.2, -0.15) is 0 Å². The average Bonchev–Trinajstić information content (AvgIpc) is 2.56. The third-order valence-electron chi connectivity index (χ3n) is 3.40. The zero-order chi connectivity index (χ0) is 19.5. The minimum Gasteiger partial charge on any atom is -0.481 e. The number of hydrogen-bond donors (Lipinski definition) is 2. The lowest BCUT2D eigenvalue weighted by Crippen LogP contribution is -2.33. The number of carboxylic acid groups (broad SMARTS) is 2. The van der Waals surface area contributed by atoms with Gasteiger partial charge in [0.2, 0.25) is 0 Å². The van der Waals surface area contributed by atoms with Crippen molar-refractivity contribution in [1.82, 2.24) is 0 Å². The first kappa shape index (κ1) is 19.7. The molecule has 0 aliphatic heterocycles. The Bertz CT molecular complexity index is 946. The van der Waals surface area contributed by atoms with E-state index in [-0.39, 0.29) is 21.2 Å². The van der Waals surface area contributed by atoms with Crippen LogP contribution in [0.25, 0.3) is 0 Å². The maximum Gasteiger partial charge on any atom is 0.337 e. The van der Waals surface area contributed by atoms with Crippen LogP contribution in [-0.4, -0.2) is 37.1 Å². The van der Waals surface area contributed by atoms with Gasteiger partial charge in [-0.1, -0.05) is 11.6 Å². The first-order valence-corrected chi connectivity index (χ1v) is 8.97. The minimum atomic E-state index is -4.25. The molecule has 0 bridgehead atoms. The molecule has 2 rings (SSSR count). The average molecular weight is 402 g/mol. The summed E-state index contributed by atoms with van der Waals surface area (Å²) in [5.74, 6) is -3.24. The topological polar surface area (TPSA) is 112 Å². The monoisotopic (exact) mass is 401 g/mol. The Kier molecular flexibility index (Phi) is 5.83. The lowest BCUT2D eigenvalue weighted by atomic mass is 10.2. The van der Waals surface area contributed by atoms with Crippen molar-refractivity contribution in [3.8, 4) is 0 Å². The smallest absolute Gasteiger partial charge is 0.337 e. The number of anilines is 1. The van der Waals surface area contributed by atoms with E-state index in [1.165, 1.54) is 12.1 Å². The summed E-state index contributed by atoms with van der Waals surface area (Å²) in [6.45, 7) is -0.449. The lowest BCUT2D eigenvalue weighted by Gasteiger charge is -2.24. The molecule has 138 valence electrons. The molecule has 0 aliphatic carbocycles. The van der Waals surface area contributed by atoms with E-state index in [0.29, 0.717) is 0 Å². The summed E-state index contributed by atoms with van der Waals surface area (Å²) in [5.41, 5.74) is -0.406. The van der Waals surface area contributed by atoms with Crippen molar-refractivity contribution in [3.63, 3.8) is 0 Å². The number of rotatable bonds is 7. The number of carbonyl (C=O) groups is 2. The predicted molar refractivity (Wildman–Crippen MR) is 91.6 cm³/mol. The maximum absolute atomic E-state index is 13.1. The van der Waals surface area contributed by atoms with E-state index >= 15 is 0 Å². The Morgan fingerprint density at radius 2 is 1.69 bits per heavy atom. The maximum atomic E-state index is 13.1. The summed E-state index contributed by atoms with van der Waals surface area (Å²) >= 11 is 5.79. The van der Waals surface area contributed by atoms with Gasteiger partial charge in [0.1, 0.15) is 5.82 Å². The van der Waals surface area contributed by atoms with E-state index in [1.807, 2.05) is 0 Å². The molecule has 2 aromatic carbocycles. The van der Waals surface area contributed by atoms with Crippen molar-refractivity contribution < 1.29 is 32.6 Å². The van der Waals surface area contributed by atoms with Crippen molar-refractivity contribution in [2.45, 2.75) is 11.3 Å². The molecule has 0 saturated heterocycles. The molecule has 0 aliphatic rings. The van der Waals surface area contributed by atoms with Crippen LogP contribution in [-0.2, 0) is 14.8 Å². The summed E-state index contributed by atoms with van der Waals surface area (Å²) in [7, 11) is -4.25. The van der Waals surface area contributed by atoms with E-state index in [0.717, 1.165) is 34.6 Å². The molecule has 0 spiro atoms. The predicted octanol–water partition coefficient (Wildman–Crippen LogP) is 2.85. The van der Waals surface area contributed by atoms with Crippen molar-refractivity contribution >= 4 is 39.3 Å². The van der Waals surface area contributed by atoms with Crippen LogP contribution in [0, 0.1) is 5.82 Å². The molecule has 0 saturated carbocycles. The Balaban J connectivity index is 2.56. The van der Waals surface area contributed by atoms with Crippen LogP contribution >= 0.6 is 11.6 Å². The second kappa shape index (κ2) is 7.71. The van der Waals surface area contributed by atoms with Gasteiger partial charge in [-0.15, -0.1) is 0 Å². The SMILES string of the molecule is O=C(O)CCN(c1ccc(Cl)c(C(=O)O)c1)S(=O)(=O)c1ccc(F)cc1. The Hall–Kier alpha value is -2.65. The Labute approximate surface area is 153 Å². The van der Waals surface area contributed by atoms with Crippen LogP contribution in [0.1, 0.15) is 16.8 Å². The molecule has 2 N–H and O–H groups in total. The van der Waals surface area contributed by atoms with Crippen LogP contribution in [0.15, 0.2) is 47.4 Å². The highest BCUT2D eigenvalue weighted by molar-refractivity contribution is 7.92. The molecule has 10 heteroatoms. The molecule has 0 aromatic heterocycles. The molecule has 0 atom stereocenters. The van der Waals surface area contributed by atoms with Crippen molar-refractivity contribution in [2.24, 2.45) is 0 Å². The van der Waals surface area contributed by atoms with E-state index in [1.54, 1.807) is 0 Å². The normalized spacial score (nSPS) is 11.2. The van der Waals surface area contributed by atoms with Gasteiger partial charge in [-0.25, -0.2) is 17.6 Å². The molecule has 0 amide bonds. The minimum absolute atomic E-state index is 0.0719. The van der Waals surface area contributed by atoms with Gasteiger partial charge < -0.3 is 10.2 Å². The zero-order valence-corrected chi connectivity index (χ0v) is 14.7. The standard InChI is InChI=1S/C16H13ClFNO6S/c17-14-6-3-11(9-13(14)16(22)23)19(8-7-15(20)21)26(24,25)12-4-1-10(18)2-5-12/h1-6,9H,7-8H2,(H,20,21)(H,22,23). The lowest BCUT2D eigenvalue weighted by molar-refractivity contribution is -0.136. The largest absolute Gasteiger partial charge is 0.481 e. The number of carboxylic acids is 2. The molecule has 0 radical (unpaired) electrons. The van der Waals surface area contributed by atoms with Crippen molar-refractivity contribution in [3.05, 3.63) is 58.9 Å². The fourth-order valence-corrected chi connectivity index (χ4v) is 3.81. The summed E-state index contributed by atoms with van der Waals surface area (Å²) in [5, 5.41) is 17.9. The molecule has 7 nitrogen and oxygen atoms in total. The number of sulfonamides is 1. The zero-order valence-electron chi connectivity index (χ0n) is 13.1. The fraction of sp³-hybridized carbons (Fsp3) is 0.125. The fourth-order valence-electron chi connectivity index (χ4n) is 2.15. The van der Waals surface area contributed by atoms with Gasteiger partial charge in [-0.05, 0) is 42.5 Å². The van der Waals surface area contributed by atoms with E-state index in [9.17, 15) is 22.4 Å².